The Morgan fingerprint density at radius 3 is 2.17 bits per heavy atom. The Morgan fingerprint density at radius 1 is 1.25 bits per heavy atom. The maximum Gasteiger partial charge on any atom is 0.133 e. The van der Waals surface area contributed by atoms with E-state index in [1.165, 1.54) is 6.42 Å². The number of carbonyl (C=O) groups excluding carboxylic acids is 1. The van der Waals surface area contributed by atoms with Gasteiger partial charge in [0.15, 0.2) is 0 Å². The number of rotatable bonds is 1. The molecule has 2 rings (SSSR count). The molecule has 1 heteroatoms. The molecule has 1 unspecified atom stereocenters. The van der Waals surface area contributed by atoms with Gasteiger partial charge in [0.2, 0.25) is 0 Å². The molecular weight excluding hydrogens is 148 g/mol. The smallest absolute Gasteiger partial charge is 0.133 e. The highest BCUT2D eigenvalue weighted by Gasteiger charge is 2.37. The van der Waals surface area contributed by atoms with Crippen LogP contribution in [0.15, 0.2) is 12.2 Å². The molecule has 68 valence electrons. The van der Waals surface area contributed by atoms with Gasteiger partial charge in [-0.3, -0.25) is 4.79 Å². The molecule has 0 spiro atoms. The van der Waals surface area contributed by atoms with Gasteiger partial charge in [-0.25, -0.2) is 0 Å². The van der Waals surface area contributed by atoms with Gasteiger partial charge < -0.3 is 0 Å². The highest BCUT2D eigenvalue weighted by Crippen LogP contribution is 2.43. The van der Waals surface area contributed by atoms with Crippen molar-refractivity contribution in [2.45, 2.75) is 33.6 Å². The predicted molar refractivity (Wildman–Crippen MR) is 50.9 cm³/mol. The molecule has 0 heterocycles. The van der Waals surface area contributed by atoms with Gasteiger partial charge in [0, 0.05) is 5.92 Å². The molecule has 0 aromatic heterocycles. The van der Waals surface area contributed by atoms with Crippen LogP contribution in [0, 0.1) is 17.8 Å². The van der Waals surface area contributed by atoms with E-state index in [0.717, 1.165) is 12.3 Å². The van der Waals surface area contributed by atoms with E-state index in [-0.39, 0.29) is 0 Å². The molecule has 2 aliphatic rings. The van der Waals surface area contributed by atoms with Crippen molar-refractivity contribution in [1.82, 2.24) is 0 Å². The van der Waals surface area contributed by atoms with E-state index in [1.54, 1.807) is 6.92 Å². The van der Waals surface area contributed by atoms with Crippen molar-refractivity contribution < 1.29 is 4.79 Å². The second kappa shape index (κ2) is 3.88. The summed E-state index contributed by atoms with van der Waals surface area (Å²) in [6.07, 6.45) is 6.85. The van der Waals surface area contributed by atoms with Crippen LogP contribution in [-0.4, -0.2) is 5.78 Å². The monoisotopic (exact) mass is 166 g/mol. The first-order chi connectivity index (χ1) is 5.77. The molecular formula is C11H18O. The third kappa shape index (κ3) is 1.60. The summed E-state index contributed by atoms with van der Waals surface area (Å²) < 4.78 is 0. The Morgan fingerprint density at radius 2 is 1.92 bits per heavy atom. The standard InChI is InChI=1S/C9H12O.C2H6/c1-6(10)9-5-7-2-3-8(9)4-7;1-2/h2-3,7-9H,4-5H2,1H3;1-2H3/t7-,8+,9?;/m1./s1. The molecule has 1 nitrogen and oxygen atoms in total. The summed E-state index contributed by atoms with van der Waals surface area (Å²) in [5.74, 6) is 2.09. The minimum absolute atomic E-state index is 0.370. The molecule has 3 atom stereocenters. The summed E-state index contributed by atoms with van der Waals surface area (Å²) in [7, 11) is 0. The normalized spacial score (nSPS) is 36.1. The van der Waals surface area contributed by atoms with Crippen molar-refractivity contribution in [3.05, 3.63) is 12.2 Å². The van der Waals surface area contributed by atoms with Crippen molar-refractivity contribution in [2.75, 3.05) is 0 Å². The minimum Gasteiger partial charge on any atom is -0.300 e. The molecule has 0 radical (unpaired) electrons. The summed E-state index contributed by atoms with van der Waals surface area (Å²) in [4.78, 5) is 11.0. The highest BCUT2D eigenvalue weighted by atomic mass is 16.1. The molecule has 0 N–H and O–H groups in total. The molecule has 1 saturated carbocycles. The Hall–Kier alpha value is -0.590. The maximum atomic E-state index is 11.0. The zero-order valence-electron chi connectivity index (χ0n) is 8.21. The van der Waals surface area contributed by atoms with Crippen molar-refractivity contribution in [1.29, 1.82) is 0 Å². The summed E-state index contributed by atoms with van der Waals surface area (Å²) in [5.41, 5.74) is 0. The quantitative estimate of drug-likeness (QED) is 0.547. The van der Waals surface area contributed by atoms with Gasteiger partial charge in [-0.2, -0.15) is 0 Å². The fraction of sp³-hybridized carbons (Fsp3) is 0.727. The lowest BCUT2D eigenvalue weighted by molar-refractivity contribution is -0.121. The lowest BCUT2D eigenvalue weighted by atomic mass is 9.90. The minimum atomic E-state index is 0.370. The van der Waals surface area contributed by atoms with Crippen molar-refractivity contribution in [3.8, 4) is 0 Å². The molecule has 0 aliphatic heterocycles. The SMILES string of the molecule is CC.CC(=O)C1C[C@@H]2C=C[C@H]1C2. The Kier molecular flexibility index (Phi) is 3.07. The van der Waals surface area contributed by atoms with Gasteiger partial charge in [-0.05, 0) is 31.6 Å². The van der Waals surface area contributed by atoms with E-state index in [1.807, 2.05) is 13.8 Å². The summed E-state index contributed by atoms with van der Waals surface area (Å²) in [5, 5.41) is 0. The van der Waals surface area contributed by atoms with Gasteiger partial charge in [0.05, 0.1) is 0 Å². The highest BCUT2D eigenvalue weighted by molar-refractivity contribution is 5.79. The predicted octanol–water partition coefficient (Wildman–Crippen LogP) is 2.81. The largest absolute Gasteiger partial charge is 0.300 e. The number of allylic oxidation sites excluding steroid dienone is 2. The lowest BCUT2D eigenvalue weighted by Crippen LogP contribution is -2.15. The second-order valence-electron chi connectivity index (χ2n) is 3.50. The first-order valence-corrected chi connectivity index (χ1v) is 4.96. The van der Waals surface area contributed by atoms with Crippen LogP contribution in [0.1, 0.15) is 33.6 Å². The Labute approximate surface area is 74.9 Å². The van der Waals surface area contributed by atoms with Gasteiger partial charge >= 0.3 is 0 Å². The number of hydrogen-bond acceptors (Lipinski definition) is 1. The van der Waals surface area contributed by atoms with Gasteiger partial charge in [0.1, 0.15) is 5.78 Å². The molecule has 0 amide bonds. The van der Waals surface area contributed by atoms with Crippen molar-refractivity contribution in [3.63, 3.8) is 0 Å². The average Bonchev–Trinajstić information content (AvgIpc) is 2.67. The third-order valence-electron chi connectivity index (χ3n) is 2.80. The van der Waals surface area contributed by atoms with Crippen molar-refractivity contribution >= 4 is 5.78 Å². The topological polar surface area (TPSA) is 17.1 Å². The number of ketones is 1. The lowest BCUT2D eigenvalue weighted by Gasteiger charge is -2.13. The third-order valence-corrected chi connectivity index (χ3v) is 2.80. The summed E-state index contributed by atoms with van der Waals surface area (Å²) in [6.45, 7) is 5.72. The van der Waals surface area contributed by atoms with Crippen LogP contribution in [0.4, 0.5) is 0 Å². The summed E-state index contributed by atoms with van der Waals surface area (Å²) in [6, 6.07) is 0. The van der Waals surface area contributed by atoms with Gasteiger partial charge in [-0.15, -0.1) is 0 Å². The fourth-order valence-electron chi connectivity index (χ4n) is 2.25. The molecule has 12 heavy (non-hydrogen) atoms. The zero-order chi connectivity index (χ0) is 9.14. The van der Waals surface area contributed by atoms with E-state index in [4.69, 9.17) is 0 Å². The van der Waals surface area contributed by atoms with Crippen LogP contribution < -0.4 is 0 Å². The number of carbonyl (C=O) groups is 1. The van der Waals surface area contributed by atoms with Crippen LogP contribution in [0.5, 0.6) is 0 Å². The molecule has 2 aliphatic carbocycles. The van der Waals surface area contributed by atoms with Crippen LogP contribution in [0.3, 0.4) is 0 Å². The van der Waals surface area contributed by atoms with E-state index >= 15 is 0 Å². The van der Waals surface area contributed by atoms with E-state index in [9.17, 15) is 4.79 Å². The van der Waals surface area contributed by atoms with Crippen LogP contribution in [0.2, 0.25) is 0 Å². The summed E-state index contributed by atoms with van der Waals surface area (Å²) >= 11 is 0. The first-order valence-electron chi connectivity index (χ1n) is 4.96. The number of fused-ring (bicyclic) bond motifs is 2. The second-order valence-corrected chi connectivity index (χ2v) is 3.50. The molecule has 1 fully saturated rings. The van der Waals surface area contributed by atoms with E-state index in [2.05, 4.69) is 12.2 Å². The Balaban J connectivity index is 0.000000336. The van der Waals surface area contributed by atoms with Crippen LogP contribution in [-0.2, 0) is 4.79 Å². The van der Waals surface area contributed by atoms with Crippen LogP contribution in [0.25, 0.3) is 0 Å². The molecule has 0 aromatic carbocycles. The van der Waals surface area contributed by atoms with Crippen LogP contribution >= 0.6 is 0 Å². The van der Waals surface area contributed by atoms with Gasteiger partial charge in [-0.1, -0.05) is 26.0 Å². The molecule has 0 saturated heterocycles. The van der Waals surface area contributed by atoms with Gasteiger partial charge in [0.25, 0.3) is 0 Å². The van der Waals surface area contributed by atoms with Crippen molar-refractivity contribution in [2.24, 2.45) is 17.8 Å². The molecule has 2 bridgehead atoms. The fourth-order valence-corrected chi connectivity index (χ4v) is 2.25. The van der Waals surface area contributed by atoms with E-state index in [0.29, 0.717) is 17.6 Å². The van der Waals surface area contributed by atoms with E-state index < -0.39 is 0 Å². The number of Topliss-reactive ketones (excluding diaryl/α,β-unsaturated/α-hetero) is 1. The number of hydrogen-bond donors (Lipinski definition) is 0. The first kappa shape index (κ1) is 9.50. The Bertz CT molecular complexity index is 193. The maximum absolute atomic E-state index is 11.0. The zero-order valence-corrected chi connectivity index (χ0v) is 8.21. The molecule has 0 aromatic rings. The average molecular weight is 166 g/mol.